The van der Waals surface area contributed by atoms with E-state index < -0.39 is 0 Å². The molecule has 4 heteroatoms. The summed E-state index contributed by atoms with van der Waals surface area (Å²) in [4.78, 5) is 2.13. The lowest BCUT2D eigenvalue weighted by molar-refractivity contribution is 0.0274. The maximum atomic E-state index is 13.5. The average molecular weight is 277 g/mol. The molecule has 0 amide bonds. The van der Waals surface area contributed by atoms with Crippen LogP contribution in [0.15, 0.2) is 18.2 Å². The Hall–Kier alpha value is -1.41. The van der Waals surface area contributed by atoms with Crippen molar-refractivity contribution >= 4 is 0 Å². The van der Waals surface area contributed by atoms with Crippen LogP contribution in [0.3, 0.4) is 0 Å². The molecule has 0 bridgehead atoms. The van der Waals surface area contributed by atoms with E-state index in [0.29, 0.717) is 18.0 Å². The molecule has 0 saturated heterocycles. The average Bonchev–Trinajstić information content (AvgIpc) is 2.33. The zero-order valence-corrected chi connectivity index (χ0v) is 11.6. The topological polar surface area (TPSA) is 43.7 Å². The summed E-state index contributed by atoms with van der Waals surface area (Å²) in [6.07, 6.45) is 1.59. The molecular formula is C16H20FNO2. The molecule has 0 spiro atoms. The monoisotopic (exact) mass is 277 g/mol. The van der Waals surface area contributed by atoms with Gasteiger partial charge in [-0.3, -0.25) is 0 Å². The summed E-state index contributed by atoms with van der Waals surface area (Å²) in [7, 11) is 1.99. The van der Waals surface area contributed by atoms with E-state index in [4.69, 9.17) is 5.11 Å². The number of hydrogen-bond acceptors (Lipinski definition) is 3. The van der Waals surface area contributed by atoms with Crippen LogP contribution in [-0.4, -0.2) is 41.4 Å². The Morgan fingerprint density at radius 2 is 2.10 bits per heavy atom. The molecule has 2 N–H and O–H groups in total. The molecule has 2 rings (SSSR count). The summed E-state index contributed by atoms with van der Waals surface area (Å²) >= 11 is 0. The maximum Gasteiger partial charge on any atom is 0.124 e. The fourth-order valence-corrected chi connectivity index (χ4v) is 2.62. The first-order valence-corrected chi connectivity index (χ1v) is 6.82. The normalized spacial score (nSPS) is 21.2. The number of aliphatic hydroxyl groups is 2. The first-order chi connectivity index (χ1) is 9.56. The Morgan fingerprint density at radius 3 is 2.75 bits per heavy atom. The van der Waals surface area contributed by atoms with Gasteiger partial charge in [0.05, 0.1) is 6.10 Å². The molecule has 1 aromatic rings. The standard InChI is InChI=1S/C16H20FNO2/c1-18(11-14-8-16(20)9-14)10-13-5-12(3-2-4-19)6-15(17)7-13/h5-7,14,16,19-20H,4,8-11H2,1H3. The van der Waals surface area contributed by atoms with Gasteiger partial charge in [0.25, 0.3) is 0 Å². The first-order valence-electron chi connectivity index (χ1n) is 6.82. The van der Waals surface area contributed by atoms with Crippen molar-refractivity contribution in [3.05, 3.63) is 35.1 Å². The Bertz CT molecular complexity index is 515. The van der Waals surface area contributed by atoms with Gasteiger partial charge in [0, 0.05) is 18.7 Å². The summed E-state index contributed by atoms with van der Waals surface area (Å²) in [6.45, 7) is 1.33. The van der Waals surface area contributed by atoms with Gasteiger partial charge in [-0.2, -0.15) is 0 Å². The highest BCUT2D eigenvalue weighted by Crippen LogP contribution is 2.27. The van der Waals surface area contributed by atoms with Crippen LogP contribution in [0.4, 0.5) is 4.39 Å². The summed E-state index contributed by atoms with van der Waals surface area (Å²) in [6, 6.07) is 4.72. The van der Waals surface area contributed by atoms with Gasteiger partial charge in [-0.25, -0.2) is 4.39 Å². The Balaban J connectivity index is 1.95. The van der Waals surface area contributed by atoms with Crippen molar-refractivity contribution < 1.29 is 14.6 Å². The number of rotatable bonds is 4. The number of benzene rings is 1. The first kappa shape index (κ1) is 15.0. The van der Waals surface area contributed by atoms with Crippen molar-refractivity contribution in [1.29, 1.82) is 0 Å². The van der Waals surface area contributed by atoms with Crippen molar-refractivity contribution in [2.75, 3.05) is 20.2 Å². The smallest absolute Gasteiger partial charge is 0.124 e. The number of nitrogens with zero attached hydrogens (tertiary/aromatic N) is 1. The van der Waals surface area contributed by atoms with E-state index in [0.717, 1.165) is 24.9 Å². The number of hydrogen-bond donors (Lipinski definition) is 2. The summed E-state index contributed by atoms with van der Waals surface area (Å²) < 4.78 is 13.5. The van der Waals surface area contributed by atoms with Crippen LogP contribution in [0.25, 0.3) is 0 Å². The second-order valence-corrected chi connectivity index (χ2v) is 5.50. The van der Waals surface area contributed by atoms with Crippen LogP contribution >= 0.6 is 0 Å². The molecule has 108 valence electrons. The molecule has 0 aromatic heterocycles. The van der Waals surface area contributed by atoms with E-state index in [1.165, 1.54) is 12.1 Å². The summed E-state index contributed by atoms with van der Waals surface area (Å²) in [5.41, 5.74) is 1.45. The van der Waals surface area contributed by atoms with Crippen LogP contribution in [0.5, 0.6) is 0 Å². The lowest BCUT2D eigenvalue weighted by Crippen LogP contribution is -2.36. The number of halogens is 1. The van der Waals surface area contributed by atoms with Gasteiger partial charge < -0.3 is 15.1 Å². The van der Waals surface area contributed by atoms with Crippen molar-refractivity contribution in [2.45, 2.75) is 25.5 Å². The second kappa shape index (κ2) is 6.85. The molecule has 0 atom stereocenters. The fourth-order valence-electron chi connectivity index (χ4n) is 2.62. The van der Waals surface area contributed by atoms with Gasteiger partial charge in [-0.05, 0) is 49.6 Å². The molecular weight excluding hydrogens is 257 g/mol. The van der Waals surface area contributed by atoms with E-state index in [9.17, 15) is 9.50 Å². The van der Waals surface area contributed by atoms with Gasteiger partial charge in [-0.15, -0.1) is 0 Å². The minimum Gasteiger partial charge on any atom is -0.393 e. The van der Waals surface area contributed by atoms with Gasteiger partial charge in [0.15, 0.2) is 0 Å². The zero-order chi connectivity index (χ0) is 14.5. The predicted molar refractivity (Wildman–Crippen MR) is 75.4 cm³/mol. The largest absolute Gasteiger partial charge is 0.393 e. The fraction of sp³-hybridized carbons (Fsp3) is 0.500. The van der Waals surface area contributed by atoms with Crippen molar-refractivity contribution in [3.63, 3.8) is 0 Å². The number of aliphatic hydroxyl groups excluding tert-OH is 2. The minimum atomic E-state index is -0.308. The lowest BCUT2D eigenvalue weighted by atomic mass is 9.82. The van der Waals surface area contributed by atoms with Crippen molar-refractivity contribution in [2.24, 2.45) is 5.92 Å². The second-order valence-electron chi connectivity index (χ2n) is 5.50. The summed E-state index contributed by atoms with van der Waals surface area (Å²) in [5.74, 6) is 5.48. The highest BCUT2D eigenvalue weighted by atomic mass is 19.1. The van der Waals surface area contributed by atoms with Crippen LogP contribution in [-0.2, 0) is 6.54 Å². The molecule has 1 saturated carbocycles. The van der Waals surface area contributed by atoms with E-state index >= 15 is 0 Å². The Labute approximate surface area is 119 Å². The molecule has 0 heterocycles. The van der Waals surface area contributed by atoms with Crippen molar-refractivity contribution in [3.8, 4) is 11.8 Å². The third-order valence-corrected chi connectivity index (χ3v) is 3.50. The van der Waals surface area contributed by atoms with E-state index in [1.807, 2.05) is 13.1 Å². The van der Waals surface area contributed by atoms with E-state index in [1.54, 1.807) is 0 Å². The van der Waals surface area contributed by atoms with Gasteiger partial charge in [0.2, 0.25) is 0 Å². The molecule has 1 aliphatic carbocycles. The quantitative estimate of drug-likeness (QED) is 0.817. The molecule has 20 heavy (non-hydrogen) atoms. The van der Waals surface area contributed by atoms with Crippen molar-refractivity contribution in [1.82, 2.24) is 4.90 Å². The molecule has 0 aliphatic heterocycles. The maximum absolute atomic E-state index is 13.5. The van der Waals surface area contributed by atoms with E-state index in [2.05, 4.69) is 16.7 Å². The molecule has 1 aliphatic rings. The molecule has 1 fully saturated rings. The predicted octanol–water partition coefficient (Wildman–Crippen LogP) is 1.37. The van der Waals surface area contributed by atoms with E-state index in [-0.39, 0.29) is 18.5 Å². The van der Waals surface area contributed by atoms with Crippen LogP contribution in [0.2, 0.25) is 0 Å². The zero-order valence-electron chi connectivity index (χ0n) is 11.6. The molecule has 0 radical (unpaired) electrons. The highest BCUT2D eigenvalue weighted by Gasteiger charge is 2.27. The van der Waals surface area contributed by atoms with Gasteiger partial charge >= 0.3 is 0 Å². The summed E-state index contributed by atoms with van der Waals surface area (Å²) in [5, 5.41) is 17.9. The van der Waals surface area contributed by atoms with Gasteiger partial charge in [-0.1, -0.05) is 11.8 Å². The van der Waals surface area contributed by atoms with Gasteiger partial charge in [0.1, 0.15) is 12.4 Å². The third-order valence-electron chi connectivity index (χ3n) is 3.50. The molecule has 1 aromatic carbocycles. The van der Waals surface area contributed by atoms with Crippen LogP contribution < -0.4 is 0 Å². The Morgan fingerprint density at radius 1 is 1.35 bits per heavy atom. The molecule has 3 nitrogen and oxygen atoms in total. The third kappa shape index (κ3) is 4.31. The highest BCUT2D eigenvalue weighted by molar-refractivity contribution is 5.37. The minimum absolute atomic E-state index is 0.136. The lowest BCUT2D eigenvalue weighted by Gasteiger charge is -2.34. The Kier molecular flexibility index (Phi) is 5.13. The van der Waals surface area contributed by atoms with Crippen LogP contribution in [0.1, 0.15) is 24.0 Å². The SMILES string of the molecule is CN(Cc1cc(F)cc(C#CCO)c1)CC1CC(O)C1. The molecule has 0 unspecified atom stereocenters. The van der Waals surface area contributed by atoms with Crippen LogP contribution in [0, 0.1) is 23.6 Å².